The average Bonchev–Trinajstić information content (AvgIpc) is 3.19. The number of carbonyl (C=O) groups excluding carboxylic acids is 2. The lowest BCUT2D eigenvalue weighted by Crippen LogP contribution is -2.42. The lowest BCUT2D eigenvalue weighted by atomic mass is 9.86. The Kier molecular flexibility index (Phi) is 7.23. The van der Waals surface area contributed by atoms with Gasteiger partial charge in [0, 0.05) is 28.4 Å². The molecule has 3 rings (SSSR count). The molecule has 5 N–H and O–H groups in total. The Labute approximate surface area is 201 Å². The minimum Gasteiger partial charge on any atom is -0.480 e. The minimum absolute atomic E-state index is 0.0832. The molecule has 0 aliphatic rings. The van der Waals surface area contributed by atoms with Gasteiger partial charge < -0.3 is 30.3 Å². The van der Waals surface area contributed by atoms with Crippen molar-refractivity contribution < 1.29 is 28.3 Å². The molecule has 0 radical (unpaired) electrons. The van der Waals surface area contributed by atoms with Crippen LogP contribution in [0.1, 0.15) is 55.9 Å². The Hall–Kier alpha value is -3.82. The van der Waals surface area contributed by atoms with E-state index in [0.717, 1.165) is 10.9 Å². The summed E-state index contributed by atoms with van der Waals surface area (Å²) in [7, 11) is 0. The molecule has 0 bridgehead atoms. The summed E-state index contributed by atoms with van der Waals surface area (Å²) in [4.78, 5) is 47.8. The molecule has 3 aromatic rings. The molecule has 0 saturated carbocycles. The van der Waals surface area contributed by atoms with Gasteiger partial charge in [0.05, 0.1) is 18.2 Å². The van der Waals surface area contributed by atoms with Gasteiger partial charge in [-0.1, -0.05) is 20.8 Å². The fraction of sp³-hybridized carbons (Fsp3) is 0.440. The van der Waals surface area contributed by atoms with Crippen LogP contribution in [-0.2, 0) is 21.4 Å². The number of benzene rings is 1. The molecule has 1 atom stereocenters. The molecule has 2 aromatic heterocycles. The standard InChI is InChI=1S/C25H31N3O7/c1-12-14-9-16-17(25(3,4)5)11-34-20(16)13(2)21(14)35-23(32)15(12)10-19(29)28-18(22(30)31)7-6-8-27-24(26)33/h9,11,18H,6-8,10H2,1-5H3,(H,28,29)(H,30,31)(H3,26,27,33). The molecule has 3 amide bonds. The van der Waals surface area contributed by atoms with Crippen molar-refractivity contribution in [3.05, 3.63) is 45.0 Å². The molecule has 0 aliphatic heterocycles. The highest BCUT2D eigenvalue weighted by atomic mass is 16.4. The number of amides is 3. The van der Waals surface area contributed by atoms with Crippen molar-refractivity contribution in [1.82, 2.24) is 10.6 Å². The van der Waals surface area contributed by atoms with E-state index in [1.807, 2.05) is 13.0 Å². The zero-order chi connectivity index (χ0) is 26.1. The Bertz CT molecular complexity index is 1360. The fourth-order valence-corrected chi connectivity index (χ4v) is 4.16. The van der Waals surface area contributed by atoms with Crippen LogP contribution in [-0.4, -0.2) is 35.6 Å². The maximum atomic E-state index is 12.8. The van der Waals surface area contributed by atoms with Gasteiger partial charge in [-0.05, 0) is 43.7 Å². The summed E-state index contributed by atoms with van der Waals surface area (Å²) < 4.78 is 11.4. The number of primary amides is 1. The summed E-state index contributed by atoms with van der Waals surface area (Å²) in [6.07, 6.45) is 1.76. The van der Waals surface area contributed by atoms with Gasteiger partial charge in [0.2, 0.25) is 5.91 Å². The smallest absolute Gasteiger partial charge is 0.340 e. The predicted molar refractivity (Wildman–Crippen MR) is 131 cm³/mol. The Morgan fingerprint density at radius 2 is 1.80 bits per heavy atom. The molecule has 1 aromatic carbocycles. The molecule has 188 valence electrons. The molecule has 35 heavy (non-hydrogen) atoms. The molecule has 0 fully saturated rings. The number of hydrogen-bond acceptors (Lipinski definition) is 6. The topological polar surface area (TPSA) is 165 Å². The Morgan fingerprint density at radius 3 is 2.40 bits per heavy atom. The molecular formula is C25H31N3O7. The first-order valence-electron chi connectivity index (χ1n) is 11.3. The van der Waals surface area contributed by atoms with Gasteiger partial charge >= 0.3 is 17.6 Å². The summed E-state index contributed by atoms with van der Waals surface area (Å²) in [6.45, 7) is 9.98. The third-order valence-electron chi connectivity index (χ3n) is 6.09. The van der Waals surface area contributed by atoms with E-state index in [4.69, 9.17) is 14.6 Å². The summed E-state index contributed by atoms with van der Waals surface area (Å²) in [6, 6.07) is 0.0248. The number of urea groups is 1. The third-order valence-corrected chi connectivity index (χ3v) is 6.09. The second-order valence-corrected chi connectivity index (χ2v) is 9.72. The van der Waals surface area contributed by atoms with E-state index >= 15 is 0 Å². The van der Waals surface area contributed by atoms with Crippen molar-refractivity contribution in [1.29, 1.82) is 0 Å². The number of rotatable bonds is 8. The number of hydrogen-bond donors (Lipinski definition) is 4. The van der Waals surface area contributed by atoms with Crippen LogP contribution >= 0.6 is 0 Å². The molecule has 0 aliphatic carbocycles. The van der Waals surface area contributed by atoms with Gasteiger partial charge in [0.25, 0.3) is 0 Å². The van der Waals surface area contributed by atoms with Crippen LogP contribution in [0.4, 0.5) is 4.79 Å². The summed E-state index contributed by atoms with van der Waals surface area (Å²) in [5, 5.41) is 15.8. The number of aliphatic carboxylic acids is 1. The number of carbonyl (C=O) groups is 3. The van der Waals surface area contributed by atoms with Gasteiger partial charge in [0.1, 0.15) is 17.2 Å². The van der Waals surface area contributed by atoms with Crippen LogP contribution in [0.3, 0.4) is 0 Å². The van der Waals surface area contributed by atoms with Crippen molar-refractivity contribution >= 4 is 39.8 Å². The molecule has 10 heteroatoms. The first kappa shape index (κ1) is 25.8. The number of furan rings is 1. The van der Waals surface area contributed by atoms with Crippen molar-refractivity contribution in [2.45, 2.75) is 65.3 Å². The normalized spacial score (nSPS) is 12.6. The van der Waals surface area contributed by atoms with Crippen molar-refractivity contribution in [3.8, 4) is 0 Å². The Morgan fingerprint density at radius 1 is 1.11 bits per heavy atom. The lowest BCUT2D eigenvalue weighted by Gasteiger charge is -2.17. The van der Waals surface area contributed by atoms with E-state index in [9.17, 15) is 24.3 Å². The quantitative estimate of drug-likeness (QED) is 0.281. The highest BCUT2D eigenvalue weighted by Crippen LogP contribution is 2.37. The number of carboxylic acid groups (broad SMARTS) is 1. The van der Waals surface area contributed by atoms with E-state index in [1.165, 1.54) is 0 Å². The van der Waals surface area contributed by atoms with E-state index < -0.39 is 29.6 Å². The molecule has 10 nitrogen and oxygen atoms in total. The number of carboxylic acids is 1. The van der Waals surface area contributed by atoms with Gasteiger partial charge in [-0.25, -0.2) is 14.4 Å². The summed E-state index contributed by atoms with van der Waals surface area (Å²) >= 11 is 0. The van der Waals surface area contributed by atoms with Crippen molar-refractivity contribution in [2.75, 3.05) is 6.54 Å². The highest BCUT2D eigenvalue weighted by Gasteiger charge is 2.25. The first-order chi connectivity index (χ1) is 16.3. The minimum atomic E-state index is -1.22. The maximum absolute atomic E-state index is 12.8. The molecule has 1 unspecified atom stereocenters. The fourth-order valence-electron chi connectivity index (χ4n) is 4.16. The largest absolute Gasteiger partial charge is 0.480 e. The first-order valence-corrected chi connectivity index (χ1v) is 11.3. The third kappa shape index (κ3) is 5.47. The molecule has 0 saturated heterocycles. The van der Waals surface area contributed by atoms with Gasteiger partial charge in [-0.15, -0.1) is 0 Å². The SMILES string of the molecule is Cc1c(CC(=O)NC(CCCNC(N)=O)C(=O)O)c(=O)oc2c(C)c3occ(C(C)(C)C)c3cc12. The number of aryl methyl sites for hydroxylation is 2. The monoisotopic (exact) mass is 485 g/mol. The lowest BCUT2D eigenvalue weighted by molar-refractivity contribution is -0.141. The van der Waals surface area contributed by atoms with Crippen LogP contribution < -0.4 is 22.0 Å². The summed E-state index contributed by atoms with van der Waals surface area (Å²) in [5.41, 5.74) is 7.65. The predicted octanol–water partition coefficient (Wildman–Crippen LogP) is 3.01. The molecule has 2 heterocycles. The highest BCUT2D eigenvalue weighted by molar-refractivity contribution is 6.00. The van der Waals surface area contributed by atoms with Crippen LogP contribution in [0.25, 0.3) is 21.9 Å². The molecule has 0 spiro atoms. The zero-order valence-electron chi connectivity index (χ0n) is 20.5. The Balaban J connectivity index is 1.91. The van der Waals surface area contributed by atoms with Crippen LogP contribution in [0.2, 0.25) is 0 Å². The number of nitrogens with two attached hydrogens (primary N) is 1. The van der Waals surface area contributed by atoms with E-state index in [0.29, 0.717) is 34.1 Å². The average molecular weight is 486 g/mol. The molecular weight excluding hydrogens is 454 g/mol. The van der Waals surface area contributed by atoms with Gasteiger partial charge in [0.15, 0.2) is 0 Å². The number of fused-ring (bicyclic) bond motifs is 2. The number of nitrogens with one attached hydrogen (secondary N) is 2. The second-order valence-electron chi connectivity index (χ2n) is 9.72. The van der Waals surface area contributed by atoms with Gasteiger partial charge in [-0.3, -0.25) is 4.79 Å². The van der Waals surface area contributed by atoms with E-state index in [1.54, 1.807) is 13.2 Å². The zero-order valence-corrected chi connectivity index (χ0v) is 20.5. The van der Waals surface area contributed by atoms with Crippen LogP contribution in [0, 0.1) is 13.8 Å². The van der Waals surface area contributed by atoms with Crippen molar-refractivity contribution in [3.63, 3.8) is 0 Å². The second kappa shape index (κ2) is 9.81. The van der Waals surface area contributed by atoms with Gasteiger partial charge in [-0.2, -0.15) is 0 Å². The van der Waals surface area contributed by atoms with E-state index in [-0.39, 0.29) is 30.4 Å². The van der Waals surface area contributed by atoms with Crippen LogP contribution in [0.5, 0.6) is 0 Å². The maximum Gasteiger partial charge on any atom is 0.340 e. The van der Waals surface area contributed by atoms with E-state index in [2.05, 4.69) is 31.4 Å². The van der Waals surface area contributed by atoms with Crippen molar-refractivity contribution in [2.24, 2.45) is 5.73 Å². The van der Waals surface area contributed by atoms with Crippen LogP contribution in [0.15, 0.2) is 26.0 Å². The summed E-state index contributed by atoms with van der Waals surface area (Å²) in [5.74, 6) is -1.83.